The van der Waals surface area contributed by atoms with E-state index in [1.807, 2.05) is 0 Å². The molecule has 0 unspecified atom stereocenters. The first-order valence-electron chi connectivity index (χ1n) is 8.03. The van der Waals surface area contributed by atoms with Gasteiger partial charge in [0.1, 0.15) is 0 Å². The van der Waals surface area contributed by atoms with Crippen molar-refractivity contribution in [2.24, 2.45) is 0 Å². The van der Waals surface area contributed by atoms with Gasteiger partial charge in [-0.25, -0.2) is 4.98 Å². The van der Waals surface area contributed by atoms with E-state index in [2.05, 4.69) is 66.4 Å². The number of aromatic nitrogens is 1. The van der Waals surface area contributed by atoms with Crippen molar-refractivity contribution in [3.05, 3.63) is 60.2 Å². The lowest BCUT2D eigenvalue weighted by molar-refractivity contribution is 0.949. The maximum atomic E-state index is 4.98. The Kier molecular flexibility index (Phi) is 3.30. The van der Waals surface area contributed by atoms with E-state index in [1.54, 1.807) is 0 Å². The molecular formula is C20H20N2. The highest BCUT2D eigenvalue weighted by Crippen LogP contribution is 2.30. The van der Waals surface area contributed by atoms with Gasteiger partial charge in [-0.15, -0.1) is 0 Å². The van der Waals surface area contributed by atoms with Crippen LogP contribution >= 0.6 is 0 Å². The van der Waals surface area contributed by atoms with Crippen molar-refractivity contribution in [2.45, 2.75) is 19.8 Å². The van der Waals surface area contributed by atoms with Crippen LogP contribution in [0.25, 0.3) is 22.2 Å². The molecule has 0 bridgehead atoms. The maximum absolute atomic E-state index is 4.98. The van der Waals surface area contributed by atoms with Gasteiger partial charge < -0.3 is 4.90 Å². The van der Waals surface area contributed by atoms with Crippen molar-refractivity contribution in [3.8, 4) is 11.3 Å². The van der Waals surface area contributed by atoms with Gasteiger partial charge in [0.25, 0.3) is 0 Å². The van der Waals surface area contributed by atoms with Gasteiger partial charge in [0.2, 0.25) is 0 Å². The number of aryl methyl sites for hydroxylation is 1. The Morgan fingerprint density at radius 2 is 1.64 bits per heavy atom. The predicted molar refractivity (Wildman–Crippen MR) is 93.4 cm³/mol. The van der Waals surface area contributed by atoms with E-state index < -0.39 is 0 Å². The van der Waals surface area contributed by atoms with Crippen LogP contribution in [0.4, 0.5) is 5.69 Å². The average molecular weight is 288 g/mol. The van der Waals surface area contributed by atoms with E-state index in [4.69, 9.17) is 4.98 Å². The summed E-state index contributed by atoms with van der Waals surface area (Å²) in [6, 6.07) is 19.4. The van der Waals surface area contributed by atoms with Crippen LogP contribution in [0.15, 0.2) is 54.6 Å². The second-order valence-corrected chi connectivity index (χ2v) is 6.11. The van der Waals surface area contributed by atoms with Crippen LogP contribution in [-0.4, -0.2) is 18.1 Å². The molecule has 0 aliphatic carbocycles. The zero-order valence-corrected chi connectivity index (χ0v) is 12.9. The molecular weight excluding hydrogens is 268 g/mol. The molecule has 110 valence electrons. The highest BCUT2D eigenvalue weighted by atomic mass is 15.1. The quantitative estimate of drug-likeness (QED) is 0.672. The minimum Gasteiger partial charge on any atom is -0.370 e. The molecule has 4 rings (SSSR count). The fraction of sp³-hybridized carbons (Fsp3) is 0.250. The smallest absolute Gasteiger partial charge is 0.0942 e. The third kappa shape index (κ3) is 2.35. The number of fused-ring (bicyclic) bond motifs is 1. The minimum atomic E-state index is 1.05. The molecule has 0 saturated carbocycles. The van der Waals surface area contributed by atoms with Crippen molar-refractivity contribution < 1.29 is 0 Å². The summed E-state index contributed by atoms with van der Waals surface area (Å²) in [5.41, 5.74) is 5.93. The van der Waals surface area contributed by atoms with Crippen LogP contribution in [-0.2, 0) is 0 Å². The van der Waals surface area contributed by atoms with E-state index in [1.165, 1.54) is 35.0 Å². The first-order chi connectivity index (χ1) is 10.8. The standard InChI is InChI=1S/C20H20N2/c1-15-7-9-16(10-8-15)18-12-11-17-5-4-6-19(20(17)21-18)22-13-2-3-14-22/h4-12H,2-3,13-14H2,1H3. The third-order valence-electron chi connectivity index (χ3n) is 4.49. The molecule has 3 aromatic rings. The summed E-state index contributed by atoms with van der Waals surface area (Å²) in [5.74, 6) is 0. The molecule has 1 aliphatic rings. The van der Waals surface area contributed by atoms with Gasteiger partial charge in [0.15, 0.2) is 0 Å². The van der Waals surface area contributed by atoms with Gasteiger partial charge in [0, 0.05) is 24.0 Å². The summed E-state index contributed by atoms with van der Waals surface area (Å²) < 4.78 is 0. The topological polar surface area (TPSA) is 16.1 Å². The Bertz CT molecular complexity index is 800. The predicted octanol–water partition coefficient (Wildman–Crippen LogP) is 4.81. The lowest BCUT2D eigenvalue weighted by atomic mass is 10.1. The number of benzene rings is 2. The summed E-state index contributed by atoms with van der Waals surface area (Å²) in [4.78, 5) is 7.44. The second-order valence-electron chi connectivity index (χ2n) is 6.11. The van der Waals surface area contributed by atoms with Gasteiger partial charge in [-0.3, -0.25) is 0 Å². The van der Waals surface area contributed by atoms with Crippen molar-refractivity contribution in [1.82, 2.24) is 4.98 Å². The Morgan fingerprint density at radius 3 is 2.41 bits per heavy atom. The normalized spacial score (nSPS) is 14.7. The molecule has 0 N–H and O–H groups in total. The molecule has 0 radical (unpaired) electrons. The Morgan fingerprint density at radius 1 is 0.864 bits per heavy atom. The molecule has 1 saturated heterocycles. The van der Waals surface area contributed by atoms with Gasteiger partial charge in [-0.2, -0.15) is 0 Å². The lowest BCUT2D eigenvalue weighted by Gasteiger charge is -2.19. The molecule has 1 fully saturated rings. The number of hydrogen-bond donors (Lipinski definition) is 0. The van der Waals surface area contributed by atoms with E-state index in [0.717, 1.165) is 24.3 Å². The van der Waals surface area contributed by atoms with Crippen LogP contribution in [0.1, 0.15) is 18.4 Å². The first-order valence-corrected chi connectivity index (χ1v) is 8.03. The second kappa shape index (κ2) is 5.45. The number of pyridine rings is 1. The first kappa shape index (κ1) is 13.3. The molecule has 2 heteroatoms. The van der Waals surface area contributed by atoms with Crippen LogP contribution in [0.3, 0.4) is 0 Å². The largest absolute Gasteiger partial charge is 0.370 e. The summed E-state index contributed by atoms with van der Waals surface area (Å²) in [6.07, 6.45) is 2.57. The van der Waals surface area contributed by atoms with Gasteiger partial charge in [-0.05, 0) is 31.9 Å². The molecule has 1 aliphatic heterocycles. The molecule has 0 amide bonds. The van der Waals surface area contributed by atoms with Crippen LogP contribution in [0.5, 0.6) is 0 Å². The van der Waals surface area contributed by atoms with Crippen LogP contribution < -0.4 is 4.90 Å². The zero-order chi connectivity index (χ0) is 14.9. The molecule has 0 spiro atoms. The highest BCUT2D eigenvalue weighted by Gasteiger charge is 2.15. The summed E-state index contributed by atoms with van der Waals surface area (Å²) in [6.45, 7) is 4.41. The van der Waals surface area contributed by atoms with Crippen molar-refractivity contribution in [2.75, 3.05) is 18.0 Å². The number of anilines is 1. The molecule has 2 aromatic carbocycles. The van der Waals surface area contributed by atoms with Crippen molar-refractivity contribution >= 4 is 16.6 Å². The van der Waals surface area contributed by atoms with E-state index in [-0.39, 0.29) is 0 Å². The van der Waals surface area contributed by atoms with Crippen molar-refractivity contribution in [3.63, 3.8) is 0 Å². The van der Waals surface area contributed by atoms with Crippen LogP contribution in [0, 0.1) is 6.92 Å². The summed E-state index contributed by atoms with van der Waals surface area (Å²) in [5, 5.41) is 1.22. The monoisotopic (exact) mass is 288 g/mol. The van der Waals surface area contributed by atoms with Crippen molar-refractivity contribution in [1.29, 1.82) is 0 Å². The van der Waals surface area contributed by atoms with E-state index in [0.29, 0.717) is 0 Å². The highest BCUT2D eigenvalue weighted by molar-refractivity contribution is 5.92. The minimum absolute atomic E-state index is 1.05. The molecule has 2 heterocycles. The van der Waals surface area contributed by atoms with E-state index in [9.17, 15) is 0 Å². The van der Waals surface area contributed by atoms with E-state index >= 15 is 0 Å². The van der Waals surface area contributed by atoms with Gasteiger partial charge >= 0.3 is 0 Å². The Balaban J connectivity index is 1.84. The number of rotatable bonds is 2. The summed E-state index contributed by atoms with van der Waals surface area (Å²) in [7, 11) is 0. The maximum Gasteiger partial charge on any atom is 0.0942 e. The fourth-order valence-corrected chi connectivity index (χ4v) is 3.23. The molecule has 0 atom stereocenters. The lowest BCUT2D eigenvalue weighted by Crippen LogP contribution is -2.18. The molecule has 2 nitrogen and oxygen atoms in total. The molecule has 22 heavy (non-hydrogen) atoms. The zero-order valence-electron chi connectivity index (χ0n) is 12.9. The van der Waals surface area contributed by atoms with Crippen LogP contribution in [0.2, 0.25) is 0 Å². The fourth-order valence-electron chi connectivity index (χ4n) is 3.23. The molecule has 1 aromatic heterocycles. The Hall–Kier alpha value is -2.35. The van der Waals surface area contributed by atoms with Gasteiger partial charge in [-0.1, -0.05) is 48.0 Å². The average Bonchev–Trinajstić information content (AvgIpc) is 3.09. The Labute approximate surface area is 131 Å². The summed E-state index contributed by atoms with van der Waals surface area (Å²) >= 11 is 0. The number of hydrogen-bond acceptors (Lipinski definition) is 2. The SMILES string of the molecule is Cc1ccc(-c2ccc3cccc(N4CCCC4)c3n2)cc1. The third-order valence-corrected chi connectivity index (χ3v) is 4.49. The number of nitrogens with zero attached hydrogens (tertiary/aromatic N) is 2. The number of para-hydroxylation sites is 1. The van der Waals surface area contributed by atoms with Gasteiger partial charge in [0.05, 0.1) is 16.9 Å².